The number of esters is 1. The van der Waals surface area contributed by atoms with E-state index in [2.05, 4.69) is 20.7 Å². The summed E-state index contributed by atoms with van der Waals surface area (Å²) in [6.45, 7) is -0.432. The number of carbonyl (C=O) groups is 3. The van der Waals surface area contributed by atoms with Gasteiger partial charge in [0.15, 0.2) is 5.92 Å². The van der Waals surface area contributed by atoms with Crippen molar-refractivity contribution < 1.29 is 27.9 Å². The van der Waals surface area contributed by atoms with E-state index < -0.39 is 41.9 Å². The lowest BCUT2D eigenvalue weighted by molar-refractivity contribution is -0.149. The predicted octanol–water partition coefficient (Wildman–Crippen LogP) is 3.17. The summed E-state index contributed by atoms with van der Waals surface area (Å²) in [6.07, 6.45) is 0. The summed E-state index contributed by atoms with van der Waals surface area (Å²) in [5.41, 5.74) is -0.391. The quantitative estimate of drug-likeness (QED) is 0.432. The van der Waals surface area contributed by atoms with Crippen molar-refractivity contribution in [1.29, 1.82) is 0 Å². The number of rotatable bonds is 3. The molecule has 1 unspecified atom stereocenters. The number of methoxy groups -OCH3 is 1. The number of halogens is 3. The lowest BCUT2D eigenvalue weighted by Crippen LogP contribution is -2.47. The highest BCUT2D eigenvalue weighted by Gasteiger charge is 2.44. The summed E-state index contributed by atoms with van der Waals surface area (Å²) in [7, 11) is 1.09. The van der Waals surface area contributed by atoms with Crippen LogP contribution in [0, 0.1) is 11.6 Å². The maximum absolute atomic E-state index is 14.2. The number of ether oxygens (including phenoxy) is 1. The van der Waals surface area contributed by atoms with Gasteiger partial charge >= 0.3 is 5.97 Å². The van der Waals surface area contributed by atoms with Gasteiger partial charge in [0.1, 0.15) is 11.6 Å². The third-order valence-electron chi connectivity index (χ3n) is 4.11. The number of nitrogens with zero attached hydrogens (tertiary/aromatic N) is 1. The van der Waals surface area contributed by atoms with Gasteiger partial charge < -0.3 is 4.74 Å². The molecule has 26 heavy (non-hydrogen) atoms. The number of hydrogen-bond donors (Lipinski definition) is 0. The normalized spacial score (nSPS) is 16.5. The maximum Gasteiger partial charge on any atom is 0.322 e. The average molecular weight is 424 g/mol. The van der Waals surface area contributed by atoms with Gasteiger partial charge in [-0.3, -0.25) is 19.3 Å². The van der Waals surface area contributed by atoms with Crippen LogP contribution in [-0.4, -0.2) is 29.8 Å². The first-order chi connectivity index (χ1) is 12.3. The third-order valence-corrected chi connectivity index (χ3v) is 4.60. The molecule has 0 spiro atoms. The van der Waals surface area contributed by atoms with Crippen LogP contribution in [0.2, 0.25) is 0 Å². The zero-order chi connectivity index (χ0) is 19.0. The minimum atomic E-state index is -1.48. The number of imide groups is 1. The van der Waals surface area contributed by atoms with Crippen molar-refractivity contribution in [2.75, 3.05) is 7.11 Å². The molecule has 2 aromatic carbocycles. The van der Waals surface area contributed by atoms with Crippen LogP contribution in [0.25, 0.3) is 0 Å². The van der Waals surface area contributed by atoms with E-state index in [1.54, 1.807) is 6.07 Å². The highest BCUT2D eigenvalue weighted by Crippen LogP contribution is 2.33. The van der Waals surface area contributed by atoms with Gasteiger partial charge in [-0.05, 0) is 23.8 Å². The second-order valence-corrected chi connectivity index (χ2v) is 6.54. The van der Waals surface area contributed by atoms with Crippen molar-refractivity contribution in [2.24, 2.45) is 0 Å². The SMILES string of the molecule is COC(=O)C1C(=O)N(Cc2ccc(Br)cc2F)C(=O)c2c(F)cccc21. The average Bonchev–Trinajstić information content (AvgIpc) is 2.60. The minimum absolute atomic E-state index is 0.0540. The molecule has 1 atom stereocenters. The van der Waals surface area contributed by atoms with Gasteiger partial charge in [-0.15, -0.1) is 0 Å². The molecule has 0 aliphatic carbocycles. The molecular formula is C18H12BrF2NO4. The van der Waals surface area contributed by atoms with Crippen LogP contribution in [0.5, 0.6) is 0 Å². The van der Waals surface area contributed by atoms with E-state index in [0.717, 1.165) is 13.2 Å². The molecule has 0 radical (unpaired) electrons. The molecule has 0 N–H and O–H groups in total. The number of hydrogen-bond acceptors (Lipinski definition) is 4. The van der Waals surface area contributed by atoms with Crippen molar-refractivity contribution in [3.05, 3.63) is 69.2 Å². The van der Waals surface area contributed by atoms with E-state index in [9.17, 15) is 23.2 Å². The monoisotopic (exact) mass is 423 g/mol. The van der Waals surface area contributed by atoms with Crippen molar-refractivity contribution in [3.8, 4) is 0 Å². The van der Waals surface area contributed by atoms with Crippen molar-refractivity contribution >= 4 is 33.7 Å². The molecular weight excluding hydrogens is 412 g/mol. The van der Waals surface area contributed by atoms with Crippen molar-refractivity contribution in [2.45, 2.75) is 12.5 Å². The van der Waals surface area contributed by atoms with Crippen LogP contribution in [0.3, 0.4) is 0 Å². The topological polar surface area (TPSA) is 63.7 Å². The number of amides is 2. The number of fused-ring (bicyclic) bond motifs is 1. The predicted molar refractivity (Wildman–Crippen MR) is 90.1 cm³/mol. The van der Waals surface area contributed by atoms with Crippen molar-refractivity contribution in [3.63, 3.8) is 0 Å². The first kappa shape index (κ1) is 18.2. The molecule has 2 aromatic rings. The fourth-order valence-electron chi connectivity index (χ4n) is 2.85. The smallest absolute Gasteiger partial charge is 0.322 e. The fourth-order valence-corrected chi connectivity index (χ4v) is 3.18. The van der Waals surface area contributed by atoms with Gasteiger partial charge in [-0.25, -0.2) is 8.78 Å². The molecule has 3 rings (SSSR count). The van der Waals surface area contributed by atoms with E-state index >= 15 is 0 Å². The largest absolute Gasteiger partial charge is 0.468 e. The van der Waals surface area contributed by atoms with E-state index in [-0.39, 0.29) is 16.7 Å². The molecule has 0 saturated heterocycles. The second kappa shape index (κ2) is 6.95. The van der Waals surface area contributed by atoms with Crippen LogP contribution < -0.4 is 0 Å². The van der Waals surface area contributed by atoms with E-state index in [1.165, 1.54) is 24.3 Å². The Kier molecular flexibility index (Phi) is 4.86. The Morgan fingerprint density at radius 1 is 1.19 bits per heavy atom. The first-order valence-electron chi connectivity index (χ1n) is 7.51. The number of carbonyl (C=O) groups excluding carboxylic acids is 3. The Hall–Kier alpha value is -2.61. The minimum Gasteiger partial charge on any atom is -0.468 e. The van der Waals surface area contributed by atoms with E-state index in [1.807, 2.05) is 0 Å². The molecule has 0 bridgehead atoms. The molecule has 5 nitrogen and oxygen atoms in total. The van der Waals surface area contributed by atoms with Crippen LogP contribution in [-0.2, 0) is 20.9 Å². The summed E-state index contributed by atoms with van der Waals surface area (Å²) in [4.78, 5) is 38.2. The zero-order valence-corrected chi connectivity index (χ0v) is 15.0. The van der Waals surface area contributed by atoms with Crippen LogP contribution in [0.4, 0.5) is 8.78 Å². The van der Waals surface area contributed by atoms with Crippen LogP contribution >= 0.6 is 15.9 Å². The molecule has 1 heterocycles. The van der Waals surface area contributed by atoms with E-state index in [0.29, 0.717) is 9.37 Å². The summed E-state index contributed by atoms with van der Waals surface area (Å²) in [5.74, 6) is -5.73. The Morgan fingerprint density at radius 3 is 2.58 bits per heavy atom. The molecule has 0 aromatic heterocycles. The Balaban J connectivity index is 2.09. The lowest BCUT2D eigenvalue weighted by Gasteiger charge is -2.31. The van der Waals surface area contributed by atoms with Crippen LogP contribution in [0.1, 0.15) is 27.4 Å². The van der Waals surface area contributed by atoms with Gasteiger partial charge in [-0.1, -0.05) is 34.1 Å². The maximum atomic E-state index is 14.2. The van der Waals surface area contributed by atoms with Gasteiger partial charge in [0.05, 0.1) is 19.2 Å². The molecule has 0 fully saturated rings. The van der Waals surface area contributed by atoms with Crippen molar-refractivity contribution in [1.82, 2.24) is 4.90 Å². The summed E-state index contributed by atoms with van der Waals surface area (Å²) in [6, 6.07) is 7.80. The van der Waals surface area contributed by atoms with Crippen LogP contribution in [0.15, 0.2) is 40.9 Å². The lowest BCUT2D eigenvalue weighted by atomic mass is 9.88. The van der Waals surface area contributed by atoms with Gasteiger partial charge in [0.25, 0.3) is 5.91 Å². The molecule has 1 aliphatic heterocycles. The molecule has 2 amide bonds. The fraction of sp³-hybridized carbons (Fsp3) is 0.167. The summed E-state index contributed by atoms with van der Waals surface area (Å²) >= 11 is 3.12. The summed E-state index contributed by atoms with van der Waals surface area (Å²) in [5, 5.41) is 0. The zero-order valence-electron chi connectivity index (χ0n) is 13.5. The second-order valence-electron chi connectivity index (χ2n) is 5.63. The van der Waals surface area contributed by atoms with Gasteiger partial charge in [0.2, 0.25) is 5.91 Å². The first-order valence-corrected chi connectivity index (χ1v) is 8.30. The Morgan fingerprint density at radius 2 is 1.92 bits per heavy atom. The third kappa shape index (κ3) is 3.01. The molecule has 1 aliphatic rings. The summed E-state index contributed by atoms with van der Waals surface area (Å²) < 4.78 is 33.5. The van der Waals surface area contributed by atoms with Gasteiger partial charge in [0, 0.05) is 10.0 Å². The Bertz CT molecular complexity index is 931. The standard InChI is InChI=1S/C18H12BrF2NO4/c1-26-18(25)15-11-3-2-4-12(20)14(11)16(23)22(17(15)24)8-9-5-6-10(19)7-13(9)21/h2-7,15H,8H2,1H3. The highest BCUT2D eigenvalue weighted by molar-refractivity contribution is 9.10. The van der Waals surface area contributed by atoms with Gasteiger partial charge in [-0.2, -0.15) is 0 Å². The molecule has 134 valence electrons. The molecule has 8 heteroatoms. The Labute approximate surface area is 155 Å². The van der Waals surface area contributed by atoms with E-state index in [4.69, 9.17) is 0 Å². The number of benzene rings is 2. The highest BCUT2D eigenvalue weighted by atomic mass is 79.9. The molecule has 0 saturated carbocycles.